The van der Waals surface area contributed by atoms with Gasteiger partial charge in [-0.3, -0.25) is 9.48 Å². The number of hydrogen-bond acceptors (Lipinski definition) is 8. The highest BCUT2D eigenvalue weighted by Crippen LogP contribution is 2.57. The fourth-order valence-corrected chi connectivity index (χ4v) is 6.44. The number of pyridine rings is 1. The van der Waals surface area contributed by atoms with E-state index in [9.17, 15) is 26.4 Å². The van der Waals surface area contributed by atoms with Gasteiger partial charge in [-0.15, -0.1) is 5.10 Å². The Hall–Kier alpha value is -3.27. The quantitative estimate of drug-likeness (QED) is 0.398. The van der Waals surface area contributed by atoms with Gasteiger partial charge >= 0.3 is 6.18 Å². The molecule has 1 atom stereocenters. The van der Waals surface area contributed by atoms with Crippen molar-refractivity contribution in [1.82, 2.24) is 29.3 Å². The van der Waals surface area contributed by atoms with Gasteiger partial charge in [0.25, 0.3) is 15.9 Å². The number of carbonyl (C=O) groups excluding carboxylic acids is 1. The highest BCUT2D eigenvalue weighted by molar-refractivity contribution is 7.90. The molecule has 1 N–H and O–H groups in total. The Labute approximate surface area is 248 Å². The molecule has 2 fully saturated rings. The van der Waals surface area contributed by atoms with Crippen molar-refractivity contribution in [2.75, 3.05) is 18.1 Å². The van der Waals surface area contributed by atoms with Gasteiger partial charge in [-0.05, 0) is 58.1 Å². The predicted octanol–water partition coefficient (Wildman–Crippen LogP) is 3.89. The van der Waals surface area contributed by atoms with Gasteiger partial charge in [-0.2, -0.15) is 31.8 Å². The maximum atomic E-state index is 13.4. The zero-order valence-corrected chi connectivity index (χ0v) is 25.7. The molecular formula is C26H34F3N7O4S2. The number of halogens is 3. The fraction of sp³-hybridized carbons (Fsp3) is 0.538. The SMILES string of the molecule is Cc1c(S(=O)(=O)NC(=O)c2ccc(-n3ccc(OCC4(C(F)(F)F)CC4)n3)nc2N2C[C@@H](C)CC2(C)C)cnn1C.S. The lowest BCUT2D eigenvalue weighted by atomic mass is 9.97. The van der Waals surface area contributed by atoms with Crippen LogP contribution in [0.3, 0.4) is 0 Å². The van der Waals surface area contributed by atoms with Gasteiger partial charge in [0, 0.05) is 31.4 Å². The predicted molar refractivity (Wildman–Crippen MR) is 153 cm³/mol. The molecule has 0 spiro atoms. The minimum atomic E-state index is -4.34. The summed E-state index contributed by atoms with van der Waals surface area (Å²) >= 11 is 0. The Kier molecular flexibility index (Phi) is 8.12. The average molecular weight is 630 g/mol. The molecule has 1 aliphatic carbocycles. The van der Waals surface area contributed by atoms with Gasteiger partial charge in [0.1, 0.15) is 22.7 Å². The number of nitrogens with zero attached hydrogens (tertiary/aromatic N) is 6. The number of hydrogen-bond donors (Lipinski definition) is 1. The van der Waals surface area contributed by atoms with Gasteiger partial charge in [0.05, 0.1) is 17.5 Å². The lowest BCUT2D eigenvalue weighted by Gasteiger charge is -2.34. The van der Waals surface area contributed by atoms with Crippen LogP contribution in [0, 0.1) is 18.3 Å². The third-order valence-electron chi connectivity index (χ3n) is 7.89. The molecule has 230 valence electrons. The Morgan fingerprint density at radius 3 is 2.45 bits per heavy atom. The summed E-state index contributed by atoms with van der Waals surface area (Å²) in [4.78, 5) is 20.0. The molecule has 42 heavy (non-hydrogen) atoms. The number of rotatable bonds is 8. The summed E-state index contributed by atoms with van der Waals surface area (Å²) in [6.45, 7) is 7.73. The first-order valence-corrected chi connectivity index (χ1v) is 14.6. The highest BCUT2D eigenvalue weighted by atomic mass is 32.2. The zero-order valence-electron chi connectivity index (χ0n) is 23.9. The van der Waals surface area contributed by atoms with E-state index < -0.39 is 39.7 Å². The highest BCUT2D eigenvalue weighted by Gasteiger charge is 2.64. The van der Waals surface area contributed by atoms with Gasteiger partial charge in [-0.25, -0.2) is 22.8 Å². The number of anilines is 1. The lowest BCUT2D eigenvalue weighted by molar-refractivity contribution is -0.194. The summed E-state index contributed by atoms with van der Waals surface area (Å²) in [6, 6.07) is 4.39. The number of aromatic nitrogens is 5. The second-order valence-electron chi connectivity index (χ2n) is 11.6. The van der Waals surface area contributed by atoms with Gasteiger partial charge in [0.15, 0.2) is 5.82 Å². The maximum absolute atomic E-state index is 13.4. The number of alkyl halides is 3. The van der Waals surface area contributed by atoms with Crippen molar-refractivity contribution in [3.8, 4) is 11.7 Å². The van der Waals surface area contributed by atoms with Crippen molar-refractivity contribution in [1.29, 1.82) is 0 Å². The third-order valence-corrected chi connectivity index (χ3v) is 9.32. The van der Waals surface area contributed by atoms with Gasteiger partial charge in [-0.1, -0.05) is 6.92 Å². The fourth-order valence-electron chi connectivity index (χ4n) is 5.27. The van der Waals surface area contributed by atoms with Gasteiger partial charge < -0.3 is 9.64 Å². The number of nitrogens with one attached hydrogen (secondary N) is 1. The Morgan fingerprint density at radius 2 is 1.90 bits per heavy atom. The van der Waals surface area contributed by atoms with Crippen LogP contribution < -0.4 is 14.4 Å². The van der Waals surface area contributed by atoms with Crippen LogP contribution in [0.15, 0.2) is 35.5 Å². The molecule has 3 aromatic rings. The van der Waals surface area contributed by atoms with E-state index in [1.165, 1.54) is 40.0 Å². The monoisotopic (exact) mass is 629 g/mol. The number of ether oxygens (including phenoxy) is 1. The molecule has 1 amide bonds. The molecule has 2 aliphatic rings. The van der Waals surface area contributed by atoms with Gasteiger partial charge in [0.2, 0.25) is 5.88 Å². The molecule has 16 heteroatoms. The minimum Gasteiger partial charge on any atom is -0.476 e. The van der Waals surface area contributed by atoms with Crippen molar-refractivity contribution in [3.05, 3.63) is 41.9 Å². The van der Waals surface area contributed by atoms with E-state index in [2.05, 4.69) is 21.8 Å². The molecule has 3 aromatic heterocycles. The number of sulfonamides is 1. The average Bonchev–Trinajstić information content (AvgIpc) is 3.27. The first-order chi connectivity index (χ1) is 19.0. The van der Waals surface area contributed by atoms with E-state index in [1.807, 2.05) is 18.7 Å². The van der Waals surface area contributed by atoms with Crippen LogP contribution in [0.25, 0.3) is 5.82 Å². The standard InChI is InChI=1S/C26H32F3N7O4S.H2S/c1-16-12-24(3,4)35(14-16)22-18(23(37)33-41(38,39)19-13-30-34(5)17(19)2)6-7-20(31-22)36-11-8-21(32-36)40-15-25(9-10-25)26(27,28)29;/h6-8,11,13,16H,9-10,12,14-15H2,1-5H3,(H,33,37);1H2/t16-;/m0./s1. The number of aryl methyl sites for hydroxylation is 1. The minimum absolute atomic E-state index is 0. The first kappa shape index (κ1) is 31.7. The Morgan fingerprint density at radius 1 is 1.21 bits per heavy atom. The van der Waals surface area contributed by atoms with E-state index in [0.29, 0.717) is 12.2 Å². The van der Waals surface area contributed by atoms with E-state index in [-0.39, 0.29) is 60.2 Å². The molecule has 0 aromatic carbocycles. The normalized spacial score (nSPS) is 19.3. The first-order valence-electron chi connectivity index (χ1n) is 13.1. The molecule has 0 radical (unpaired) electrons. The van der Waals surface area contributed by atoms with Crippen molar-refractivity contribution >= 4 is 35.2 Å². The maximum Gasteiger partial charge on any atom is 0.397 e. The van der Waals surface area contributed by atoms with Crippen molar-refractivity contribution < 1.29 is 31.1 Å². The van der Waals surface area contributed by atoms with Crippen molar-refractivity contribution in [2.45, 2.75) is 63.6 Å². The topological polar surface area (TPSA) is 124 Å². The molecule has 4 heterocycles. The van der Waals surface area contributed by atoms with Crippen LogP contribution in [-0.2, 0) is 17.1 Å². The third kappa shape index (κ3) is 5.82. The number of amides is 1. The second kappa shape index (κ2) is 10.8. The molecule has 0 bridgehead atoms. The molecule has 1 saturated carbocycles. The smallest absolute Gasteiger partial charge is 0.397 e. The van der Waals surface area contributed by atoms with E-state index in [0.717, 1.165) is 6.42 Å². The summed E-state index contributed by atoms with van der Waals surface area (Å²) in [6.07, 6.45) is -0.811. The largest absolute Gasteiger partial charge is 0.476 e. The van der Waals surface area contributed by atoms with E-state index >= 15 is 0 Å². The zero-order chi connectivity index (χ0) is 30.0. The summed E-state index contributed by atoms with van der Waals surface area (Å²) in [5.41, 5.74) is -1.81. The van der Waals surface area contributed by atoms with Crippen LogP contribution in [0.4, 0.5) is 19.0 Å². The van der Waals surface area contributed by atoms with E-state index in [4.69, 9.17) is 9.72 Å². The molecule has 1 aliphatic heterocycles. The van der Waals surface area contributed by atoms with Crippen molar-refractivity contribution in [3.63, 3.8) is 0 Å². The van der Waals surface area contributed by atoms with Crippen molar-refractivity contribution in [2.24, 2.45) is 18.4 Å². The summed E-state index contributed by atoms with van der Waals surface area (Å²) in [7, 11) is -2.63. The molecule has 11 nitrogen and oxygen atoms in total. The summed E-state index contributed by atoms with van der Waals surface area (Å²) in [5, 5.41) is 8.19. The molecule has 5 rings (SSSR count). The Balaban J connectivity index is 0.00000405. The number of carbonyl (C=O) groups is 1. The van der Waals surface area contributed by atoms with Crippen LogP contribution in [-0.4, -0.2) is 63.7 Å². The van der Waals surface area contributed by atoms with E-state index in [1.54, 1.807) is 14.0 Å². The van der Waals surface area contributed by atoms with Crippen LogP contribution in [0.1, 0.15) is 56.1 Å². The molecule has 1 saturated heterocycles. The Bertz CT molecular complexity index is 1600. The molecule has 0 unspecified atom stereocenters. The van der Waals surface area contributed by atoms with Crippen LogP contribution in [0.2, 0.25) is 0 Å². The van der Waals surface area contributed by atoms with Crippen LogP contribution >= 0.6 is 13.5 Å². The lowest BCUT2D eigenvalue weighted by Crippen LogP contribution is -2.41. The summed E-state index contributed by atoms with van der Waals surface area (Å²) in [5.74, 6) is -0.0203. The summed E-state index contributed by atoms with van der Waals surface area (Å²) < 4.78 is 76.2. The van der Waals surface area contributed by atoms with Crippen LogP contribution in [0.5, 0.6) is 5.88 Å². The molecular weight excluding hydrogens is 595 g/mol. The second-order valence-corrected chi connectivity index (χ2v) is 13.2.